The highest BCUT2D eigenvalue weighted by molar-refractivity contribution is 6.10. The van der Waals surface area contributed by atoms with Crippen molar-refractivity contribution in [3.05, 3.63) is 53.1 Å². The Balaban J connectivity index is 1.99. The number of amides is 1. The summed E-state index contributed by atoms with van der Waals surface area (Å²) in [5, 5.41) is 3.97. The highest BCUT2D eigenvalue weighted by Crippen LogP contribution is 2.25. The molecule has 0 aliphatic rings. The van der Waals surface area contributed by atoms with Gasteiger partial charge in [-0.05, 0) is 39.0 Å². The summed E-state index contributed by atoms with van der Waals surface area (Å²) in [6.45, 7) is 5.66. The number of hydrogen-bond acceptors (Lipinski definition) is 2. The molecule has 4 nitrogen and oxygen atoms in total. The molecule has 0 saturated carbocycles. The maximum Gasteiger partial charge on any atom is 0.259 e. The zero-order valence-electron chi connectivity index (χ0n) is 11.7. The number of anilines is 1. The summed E-state index contributed by atoms with van der Waals surface area (Å²) in [5.41, 5.74) is 4.34. The van der Waals surface area contributed by atoms with Crippen molar-refractivity contribution in [2.24, 2.45) is 0 Å². The van der Waals surface area contributed by atoms with E-state index in [-0.39, 0.29) is 5.91 Å². The number of nitrogens with one attached hydrogen (secondary N) is 2. The number of benzene rings is 1. The highest BCUT2D eigenvalue weighted by atomic mass is 16.3. The van der Waals surface area contributed by atoms with Gasteiger partial charge in [-0.25, -0.2) is 0 Å². The first-order valence-corrected chi connectivity index (χ1v) is 6.50. The number of aryl methyl sites for hydroxylation is 3. The molecule has 3 rings (SSSR count). The Morgan fingerprint density at radius 3 is 2.75 bits per heavy atom. The van der Waals surface area contributed by atoms with E-state index in [0.717, 1.165) is 27.8 Å². The lowest BCUT2D eigenvalue weighted by Crippen LogP contribution is -2.13. The Kier molecular flexibility index (Phi) is 2.86. The first-order chi connectivity index (χ1) is 9.56. The van der Waals surface area contributed by atoms with Crippen molar-refractivity contribution in [2.45, 2.75) is 20.8 Å². The number of aromatic amines is 1. The topological polar surface area (TPSA) is 58.0 Å². The molecule has 0 unspecified atom stereocenters. The van der Waals surface area contributed by atoms with Gasteiger partial charge < -0.3 is 14.7 Å². The fraction of sp³-hybridized carbons (Fsp3) is 0.188. The average Bonchev–Trinajstić information content (AvgIpc) is 2.92. The smallest absolute Gasteiger partial charge is 0.259 e. The molecule has 0 aliphatic carbocycles. The van der Waals surface area contributed by atoms with Crippen LogP contribution in [0.3, 0.4) is 0 Å². The molecule has 0 saturated heterocycles. The van der Waals surface area contributed by atoms with Crippen LogP contribution in [0.5, 0.6) is 0 Å². The quantitative estimate of drug-likeness (QED) is 0.739. The van der Waals surface area contributed by atoms with Gasteiger partial charge in [-0.3, -0.25) is 4.79 Å². The van der Waals surface area contributed by atoms with Gasteiger partial charge in [0.25, 0.3) is 5.91 Å². The standard InChI is InChI=1S/C16H16N2O2/c1-9-8-20-11(3)15(9)16(19)18-14-6-4-5-13-12(14)7-10(2)17-13/h4-8,17H,1-3H3,(H,18,19). The van der Waals surface area contributed by atoms with Crippen molar-refractivity contribution < 1.29 is 9.21 Å². The van der Waals surface area contributed by atoms with Crippen LogP contribution in [0.2, 0.25) is 0 Å². The molecular weight excluding hydrogens is 252 g/mol. The van der Waals surface area contributed by atoms with Gasteiger partial charge in [0.15, 0.2) is 0 Å². The number of furan rings is 1. The molecule has 3 aromatic rings. The first kappa shape index (κ1) is 12.5. The number of carbonyl (C=O) groups excluding carboxylic acids is 1. The molecule has 102 valence electrons. The second-order valence-electron chi connectivity index (χ2n) is 5.02. The molecular formula is C16H16N2O2. The molecule has 0 atom stereocenters. The normalized spacial score (nSPS) is 10.9. The first-order valence-electron chi connectivity index (χ1n) is 6.50. The Morgan fingerprint density at radius 1 is 1.25 bits per heavy atom. The molecule has 1 amide bonds. The van der Waals surface area contributed by atoms with Crippen molar-refractivity contribution in [3.63, 3.8) is 0 Å². The predicted molar refractivity (Wildman–Crippen MR) is 79.2 cm³/mol. The van der Waals surface area contributed by atoms with E-state index < -0.39 is 0 Å². The molecule has 0 radical (unpaired) electrons. The largest absolute Gasteiger partial charge is 0.469 e. The minimum Gasteiger partial charge on any atom is -0.469 e. The lowest BCUT2D eigenvalue weighted by Gasteiger charge is -2.06. The van der Waals surface area contributed by atoms with Crippen molar-refractivity contribution in [1.82, 2.24) is 4.98 Å². The zero-order chi connectivity index (χ0) is 14.3. The van der Waals surface area contributed by atoms with Crippen molar-refractivity contribution in [2.75, 3.05) is 5.32 Å². The van der Waals surface area contributed by atoms with Crippen LogP contribution in [-0.2, 0) is 0 Å². The summed E-state index contributed by atoms with van der Waals surface area (Å²) in [6, 6.07) is 7.84. The third-order valence-corrected chi connectivity index (χ3v) is 3.43. The summed E-state index contributed by atoms with van der Waals surface area (Å²) < 4.78 is 5.28. The molecule has 0 aliphatic heterocycles. The van der Waals surface area contributed by atoms with E-state index in [2.05, 4.69) is 10.3 Å². The van der Waals surface area contributed by atoms with Gasteiger partial charge in [0.05, 0.1) is 17.5 Å². The minimum atomic E-state index is -0.139. The molecule has 4 heteroatoms. The minimum absolute atomic E-state index is 0.139. The lowest BCUT2D eigenvalue weighted by atomic mass is 10.1. The van der Waals surface area contributed by atoms with Gasteiger partial charge >= 0.3 is 0 Å². The molecule has 2 N–H and O–H groups in total. The lowest BCUT2D eigenvalue weighted by molar-refractivity contribution is 0.102. The predicted octanol–water partition coefficient (Wildman–Crippen LogP) is 3.94. The SMILES string of the molecule is Cc1cc2c(NC(=O)c3c(C)coc3C)cccc2[nH]1. The number of rotatable bonds is 2. The molecule has 1 aromatic carbocycles. The Hall–Kier alpha value is -2.49. The summed E-state index contributed by atoms with van der Waals surface area (Å²) in [6.07, 6.45) is 1.60. The van der Waals surface area contributed by atoms with Crippen LogP contribution in [0.1, 0.15) is 27.4 Å². The van der Waals surface area contributed by atoms with Crippen LogP contribution in [0.25, 0.3) is 10.9 Å². The Bertz CT molecular complexity index is 777. The van der Waals surface area contributed by atoms with Gasteiger partial charge in [0, 0.05) is 22.2 Å². The van der Waals surface area contributed by atoms with E-state index in [1.165, 1.54) is 0 Å². The molecule has 20 heavy (non-hydrogen) atoms. The van der Waals surface area contributed by atoms with Crippen LogP contribution in [0, 0.1) is 20.8 Å². The fourth-order valence-corrected chi connectivity index (χ4v) is 2.50. The van der Waals surface area contributed by atoms with Gasteiger partial charge in [0.2, 0.25) is 0 Å². The summed E-state index contributed by atoms with van der Waals surface area (Å²) in [7, 11) is 0. The zero-order valence-corrected chi connectivity index (χ0v) is 11.7. The van der Waals surface area contributed by atoms with Crippen molar-refractivity contribution in [3.8, 4) is 0 Å². The van der Waals surface area contributed by atoms with Crippen LogP contribution in [0.4, 0.5) is 5.69 Å². The van der Waals surface area contributed by atoms with Gasteiger partial charge in [-0.1, -0.05) is 6.07 Å². The summed E-state index contributed by atoms with van der Waals surface area (Å²) in [4.78, 5) is 15.6. The van der Waals surface area contributed by atoms with Crippen LogP contribution in [-0.4, -0.2) is 10.9 Å². The molecule has 0 fully saturated rings. The second-order valence-corrected chi connectivity index (χ2v) is 5.02. The van der Waals surface area contributed by atoms with Crippen molar-refractivity contribution >= 4 is 22.5 Å². The Labute approximate surface area is 116 Å². The third-order valence-electron chi connectivity index (χ3n) is 3.43. The van der Waals surface area contributed by atoms with Crippen LogP contribution >= 0.6 is 0 Å². The molecule has 0 bridgehead atoms. The number of hydrogen-bond donors (Lipinski definition) is 2. The number of carbonyl (C=O) groups is 1. The van der Waals surface area contributed by atoms with E-state index >= 15 is 0 Å². The summed E-state index contributed by atoms with van der Waals surface area (Å²) in [5.74, 6) is 0.498. The van der Waals surface area contributed by atoms with E-state index in [1.807, 2.05) is 38.1 Å². The third kappa shape index (κ3) is 1.99. The van der Waals surface area contributed by atoms with Crippen LogP contribution in [0.15, 0.2) is 34.9 Å². The Morgan fingerprint density at radius 2 is 2.05 bits per heavy atom. The highest BCUT2D eigenvalue weighted by Gasteiger charge is 2.16. The van der Waals surface area contributed by atoms with Crippen molar-refractivity contribution in [1.29, 1.82) is 0 Å². The monoisotopic (exact) mass is 268 g/mol. The number of H-pyrrole nitrogens is 1. The molecule has 0 spiro atoms. The van der Waals surface area contributed by atoms with E-state index in [1.54, 1.807) is 13.2 Å². The van der Waals surface area contributed by atoms with Gasteiger partial charge in [-0.15, -0.1) is 0 Å². The average molecular weight is 268 g/mol. The van der Waals surface area contributed by atoms with E-state index in [4.69, 9.17) is 4.42 Å². The molecule has 2 heterocycles. The van der Waals surface area contributed by atoms with E-state index in [0.29, 0.717) is 11.3 Å². The van der Waals surface area contributed by atoms with Gasteiger partial charge in [0.1, 0.15) is 5.76 Å². The number of fused-ring (bicyclic) bond motifs is 1. The van der Waals surface area contributed by atoms with Gasteiger partial charge in [-0.2, -0.15) is 0 Å². The fourth-order valence-electron chi connectivity index (χ4n) is 2.50. The molecule has 2 aromatic heterocycles. The van der Waals surface area contributed by atoms with E-state index in [9.17, 15) is 4.79 Å². The number of aromatic nitrogens is 1. The van der Waals surface area contributed by atoms with Crippen LogP contribution < -0.4 is 5.32 Å². The maximum absolute atomic E-state index is 12.4. The summed E-state index contributed by atoms with van der Waals surface area (Å²) >= 11 is 0. The second kappa shape index (κ2) is 4.56. The maximum atomic E-state index is 12.4.